The molecule has 0 aliphatic carbocycles. The number of benzene rings is 2. The molecule has 2 aliphatic rings. The Morgan fingerprint density at radius 3 is 2.34 bits per heavy atom. The number of ether oxygens (including phenoxy) is 1. The zero-order valence-electron chi connectivity index (χ0n) is 19.2. The molecule has 0 saturated carbocycles. The number of alkyl halides is 5. The number of fused-ring (bicyclic) bond motifs is 2. The molecule has 0 atom stereocenters. The molecule has 0 saturated heterocycles. The van der Waals surface area contributed by atoms with Crippen molar-refractivity contribution in [3.63, 3.8) is 0 Å². The lowest BCUT2D eigenvalue weighted by Gasteiger charge is -2.42. The first-order chi connectivity index (χ1) is 16.3. The highest BCUT2D eigenvalue weighted by atomic mass is 19.4. The molecule has 2 aromatic rings. The van der Waals surface area contributed by atoms with Gasteiger partial charge in [-0.25, -0.2) is 0 Å². The van der Waals surface area contributed by atoms with Crippen molar-refractivity contribution in [3.05, 3.63) is 69.9 Å². The van der Waals surface area contributed by atoms with Gasteiger partial charge in [0, 0.05) is 16.7 Å². The van der Waals surface area contributed by atoms with E-state index in [4.69, 9.17) is 9.57 Å². The number of hydrogen-bond donors (Lipinski definition) is 0. The van der Waals surface area contributed by atoms with E-state index in [0.717, 1.165) is 18.1 Å². The largest absolute Gasteiger partial charge is 0.481 e. The van der Waals surface area contributed by atoms with Gasteiger partial charge in [0.05, 0.1) is 19.4 Å². The highest BCUT2D eigenvalue weighted by Gasteiger charge is 2.60. The van der Waals surface area contributed by atoms with Crippen LogP contribution < -0.4 is 4.74 Å². The highest BCUT2D eigenvalue weighted by Crippen LogP contribution is 2.51. The lowest BCUT2D eigenvalue weighted by molar-refractivity contribution is -0.289. The van der Waals surface area contributed by atoms with E-state index in [1.54, 1.807) is 38.1 Å². The van der Waals surface area contributed by atoms with Crippen LogP contribution in [-0.4, -0.2) is 41.2 Å². The monoisotopic (exact) mass is 496 g/mol. The molecule has 0 spiro atoms. The number of rotatable bonds is 5. The fourth-order valence-corrected chi connectivity index (χ4v) is 4.54. The molecular weight excluding hydrogens is 475 g/mol. The molecular formula is C24H21F5N2O4. The van der Waals surface area contributed by atoms with Crippen molar-refractivity contribution in [1.29, 1.82) is 0 Å². The molecule has 4 rings (SSSR count). The smallest absolute Gasteiger partial charge is 0.458 e. The Kier molecular flexibility index (Phi) is 5.66. The summed E-state index contributed by atoms with van der Waals surface area (Å²) >= 11 is 0. The van der Waals surface area contributed by atoms with Gasteiger partial charge in [-0.2, -0.15) is 27.0 Å². The third-order valence-corrected chi connectivity index (χ3v) is 6.12. The van der Waals surface area contributed by atoms with Crippen molar-refractivity contribution in [2.45, 2.75) is 45.0 Å². The summed E-state index contributed by atoms with van der Waals surface area (Å²) < 4.78 is 74.7. The summed E-state index contributed by atoms with van der Waals surface area (Å²) in [5.74, 6) is -5.70. The normalized spacial score (nSPS) is 17.2. The minimum atomic E-state index is -5.85. The Balaban J connectivity index is 2.06. The maximum absolute atomic E-state index is 14.5. The molecule has 0 N–H and O–H groups in total. The van der Waals surface area contributed by atoms with Crippen molar-refractivity contribution >= 4 is 18.0 Å². The summed E-state index contributed by atoms with van der Waals surface area (Å²) in [6.45, 7) is 4.21. The van der Waals surface area contributed by atoms with Crippen molar-refractivity contribution in [2.24, 2.45) is 0 Å². The van der Waals surface area contributed by atoms with Crippen molar-refractivity contribution in [1.82, 2.24) is 9.96 Å². The van der Waals surface area contributed by atoms with Crippen LogP contribution in [0.3, 0.4) is 0 Å². The predicted octanol–water partition coefficient (Wildman–Crippen LogP) is 5.16. The van der Waals surface area contributed by atoms with Crippen LogP contribution in [0.25, 0.3) is 5.70 Å². The Bertz CT molecular complexity index is 1250. The third kappa shape index (κ3) is 3.65. The minimum Gasteiger partial charge on any atom is -0.481 e. The SMILES string of the molecule is CON(C=O)C1=C(N2Cc3ccccc3C2=O)c2c(ccc(C(F)(F)C(F)(F)F)c2C)OC1(C)C. The number of amides is 2. The van der Waals surface area contributed by atoms with E-state index in [9.17, 15) is 31.5 Å². The van der Waals surface area contributed by atoms with Crippen LogP contribution in [0.15, 0.2) is 42.1 Å². The van der Waals surface area contributed by atoms with Gasteiger partial charge in [-0.1, -0.05) is 18.2 Å². The molecule has 0 radical (unpaired) electrons. The number of carbonyl (C=O) groups excluding carboxylic acids is 2. The molecule has 0 bridgehead atoms. The first kappa shape index (κ1) is 24.6. The van der Waals surface area contributed by atoms with E-state index < -0.39 is 34.7 Å². The minimum absolute atomic E-state index is 0.000890. The van der Waals surface area contributed by atoms with Crippen molar-refractivity contribution in [2.75, 3.05) is 7.11 Å². The second-order valence-electron chi connectivity index (χ2n) is 8.66. The lowest BCUT2D eigenvalue weighted by atomic mass is 9.88. The van der Waals surface area contributed by atoms with Crippen LogP contribution in [0.2, 0.25) is 0 Å². The van der Waals surface area contributed by atoms with Gasteiger partial charge in [-0.15, -0.1) is 0 Å². The zero-order valence-corrected chi connectivity index (χ0v) is 19.2. The van der Waals surface area contributed by atoms with Gasteiger partial charge < -0.3 is 9.64 Å². The average molecular weight is 496 g/mol. The highest BCUT2D eigenvalue weighted by molar-refractivity contribution is 6.04. The molecule has 186 valence electrons. The Morgan fingerprint density at radius 2 is 1.77 bits per heavy atom. The van der Waals surface area contributed by atoms with E-state index in [1.807, 2.05) is 0 Å². The quantitative estimate of drug-likeness (QED) is 0.326. The van der Waals surface area contributed by atoms with Crippen LogP contribution in [0.5, 0.6) is 5.75 Å². The Labute approximate surface area is 197 Å². The summed E-state index contributed by atoms with van der Waals surface area (Å²) in [4.78, 5) is 31.6. The Hall–Kier alpha value is -3.47. The average Bonchev–Trinajstić information content (AvgIpc) is 3.10. The molecule has 0 fully saturated rings. The number of carbonyl (C=O) groups is 2. The van der Waals surface area contributed by atoms with Gasteiger partial charge in [-0.3, -0.25) is 14.4 Å². The molecule has 2 aromatic carbocycles. The number of halogens is 5. The predicted molar refractivity (Wildman–Crippen MR) is 114 cm³/mol. The summed E-state index contributed by atoms with van der Waals surface area (Å²) in [7, 11) is 1.17. The Morgan fingerprint density at radius 1 is 1.11 bits per heavy atom. The molecule has 35 heavy (non-hydrogen) atoms. The molecule has 2 heterocycles. The molecule has 0 unspecified atom stereocenters. The van der Waals surface area contributed by atoms with Crippen molar-refractivity contribution in [3.8, 4) is 5.75 Å². The van der Waals surface area contributed by atoms with Crippen LogP contribution in [0.1, 0.15) is 46.5 Å². The second-order valence-corrected chi connectivity index (χ2v) is 8.66. The van der Waals surface area contributed by atoms with Gasteiger partial charge >= 0.3 is 12.1 Å². The summed E-state index contributed by atoms with van der Waals surface area (Å²) in [5, 5.41) is 0.766. The van der Waals surface area contributed by atoms with Gasteiger partial charge in [-0.05, 0) is 50.1 Å². The maximum Gasteiger partial charge on any atom is 0.458 e. The van der Waals surface area contributed by atoms with E-state index in [2.05, 4.69) is 0 Å². The first-order valence-corrected chi connectivity index (χ1v) is 10.5. The molecule has 0 aromatic heterocycles. The fraction of sp³-hybridized carbons (Fsp3) is 0.333. The number of hydroxylamine groups is 2. The molecule has 2 amide bonds. The van der Waals surface area contributed by atoms with Gasteiger partial charge in [0.2, 0.25) is 6.41 Å². The molecule has 2 aliphatic heterocycles. The number of nitrogens with zero attached hydrogens (tertiary/aromatic N) is 2. The van der Waals surface area contributed by atoms with Gasteiger partial charge in [0.1, 0.15) is 17.0 Å². The standard InChI is InChI=1S/C24H21F5N2O4/c1-13-16(23(25,26)24(27,28)29)9-10-17-18(13)19(20(22(2,3)35-17)31(12-32)34-4)30-11-14-7-5-6-8-15(14)21(30)33/h5-10,12H,11H2,1-4H3. The topological polar surface area (TPSA) is 59.1 Å². The van der Waals surface area contributed by atoms with Crippen LogP contribution in [0, 0.1) is 6.92 Å². The van der Waals surface area contributed by atoms with Crippen molar-refractivity contribution < 1.29 is 41.1 Å². The van der Waals surface area contributed by atoms with Gasteiger partial charge in [0.15, 0.2) is 0 Å². The van der Waals surface area contributed by atoms with Crippen LogP contribution >= 0.6 is 0 Å². The molecule has 6 nitrogen and oxygen atoms in total. The summed E-state index contributed by atoms with van der Waals surface area (Å²) in [5.41, 5.74) is -2.35. The second kappa shape index (κ2) is 8.04. The third-order valence-electron chi connectivity index (χ3n) is 6.12. The maximum atomic E-state index is 14.5. The lowest BCUT2D eigenvalue weighted by Crippen LogP contribution is -2.46. The van der Waals surface area contributed by atoms with E-state index in [1.165, 1.54) is 12.0 Å². The van der Waals surface area contributed by atoms with E-state index >= 15 is 0 Å². The first-order valence-electron chi connectivity index (χ1n) is 10.5. The summed E-state index contributed by atoms with van der Waals surface area (Å²) in [6.07, 6.45) is -5.56. The fourth-order valence-electron chi connectivity index (χ4n) is 4.54. The van der Waals surface area contributed by atoms with E-state index in [-0.39, 0.29) is 29.3 Å². The van der Waals surface area contributed by atoms with E-state index in [0.29, 0.717) is 23.6 Å². The van der Waals surface area contributed by atoms with Gasteiger partial charge in [0.25, 0.3) is 5.91 Å². The number of hydrogen-bond acceptors (Lipinski definition) is 4. The summed E-state index contributed by atoms with van der Waals surface area (Å²) in [6, 6.07) is 8.33. The van der Waals surface area contributed by atoms with Crippen LogP contribution in [0.4, 0.5) is 22.0 Å². The molecule has 11 heteroatoms. The van der Waals surface area contributed by atoms with Crippen LogP contribution in [-0.2, 0) is 22.1 Å². The zero-order chi connectivity index (χ0) is 25.9.